The average Bonchev–Trinajstić information content (AvgIpc) is 2.58. The summed E-state index contributed by atoms with van der Waals surface area (Å²) in [7, 11) is 0. The maximum absolute atomic E-state index is 12.4. The molecule has 1 aromatic carbocycles. The fraction of sp³-hybridized carbons (Fsp3) is 0.333. The van der Waals surface area contributed by atoms with Crippen molar-refractivity contribution >= 4 is 33.5 Å². The van der Waals surface area contributed by atoms with Crippen LogP contribution in [-0.2, 0) is 15.0 Å². The van der Waals surface area contributed by atoms with Crippen LogP contribution < -0.4 is 5.32 Å². The Morgan fingerprint density at radius 3 is 2.80 bits per heavy atom. The lowest BCUT2D eigenvalue weighted by Crippen LogP contribution is -2.37. The summed E-state index contributed by atoms with van der Waals surface area (Å²) >= 11 is 3.35. The molecule has 0 bridgehead atoms. The highest BCUT2D eigenvalue weighted by atomic mass is 79.9. The first kappa shape index (κ1) is 14.8. The molecular formula is C15H16BrNO3. The van der Waals surface area contributed by atoms with Crippen LogP contribution in [0.15, 0.2) is 34.8 Å². The summed E-state index contributed by atoms with van der Waals surface area (Å²) in [6.07, 6.45) is 0.867. The molecule has 0 radical (unpaired) electrons. The maximum Gasteiger partial charge on any atom is 0.304 e. The van der Waals surface area contributed by atoms with Gasteiger partial charge in [-0.2, -0.15) is 0 Å². The topological polar surface area (TPSA) is 66.4 Å². The van der Waals surface area contributed by atoms with Crippen LogP contribution >= 0.6 is 15.9 Å². The van der Waals surface area contributed by atoms with Gasteiger partial charge in [-0.15, -0.1) is 6.58 Å². The number of halogens is 1. The van der Waals surface area contributed by atoms with Crippen molar-refractivity contribution in [2.75, 3.05) is 5.32 Å². The van der Waals surface area contributed by atoms with E-state index < -0.39 is 11.4 Å². The molecule has 1 aliphatic rings. The zero-order chi connectivity index (χ0) is 14.9. The van der Waals surface area contributed by atoms with Crippen molar-refractivity contribution in [1.29, 1.82) is 0 Å². The third-order valence-electron chi connectivity index (χ3n) is 3.61. The Morgan fingerprint density at radius 1 is 1.50 bits per heavy atom. The normalized spacial score (nSPS) is 20.4. The Hall–Kier alpha value is -1.62. The molecule has 0 spiro atoms. The van der Waals surface area contributed by atoms with Gasteiger partial charge in [0.15, 0.2) is 0 Å². The molecule has 106 valence electrons. The predicted octanol–water partition coefficient (Wildman–Crippen LogP) is 3.47. The van der Waals surface area contributed by atoms with Gasteiger partial charge in [0.25, 0.3) is 0 Å². The first-order valence-corrected chi connectivity index (χ1v) is 7.12. The summed E-state index contributed by atoms with van der Waals surface area (Å²) in [4.78, 5) is 23.6. The number of carbonyl (C=O) groups is 2. The Bertz CT molecular complexity index is 597. The molecule has 0 unspecified atom stereocenters. The lowest BCUT2D eigenvalue weighted by atomic mass is 9.74. The van der Waals surface area contributed by atoms with Crippen LogP contribution in [0.2, 0.25) is 0 Å². The number of hydrogen-bond donors (Lipinski definition) is 2. The minimum Gasteiger partial charge on any atom is -0.481 e. The van der Waals surface area contributed by atoms with Gasteiger partial charge < -0.3 is 10.4 Å². The quantitative estimate of drug-likeness (QED) is 0.808. The molecule has 2 rings (SSSR count). The van der Waals surface area contributed by atoms with Crippen molar-refractivity contribution in [1.82, 2.24) is 0 Å². The van der Waals surface area contributed by atoms with E-state index in [0.717, 1.165) is 15.6 Å². The number of nitrogens with one attached hydrogen (secondary N) is 1. The number of hydrogen-bond acceptors (Lipinski definition) is 2. The van der Waals surface area contributed by atoms with E-state index in [4.69, 9.17) is 0 Å². The molecule has 5 heteroatoms. The van der Waals surface area contributed by atoms with Crippen LogP contribution in [0.25, 0.3) is 0 Å². The number of carboxylic acid groups (broad SMARTS) is 1. The van der Waals surface area contributed by atoms with Crippen LogP contribution in [0.3, 0.4) is 0 Å². The zero-order valence-corrected chi connectivity index (χ0v) is 12.8. The minimum absolute atomic E-state index is 0.208. The van der Waals surface area contributed by atoms with Gasteiger partial charge in [-0.3, -0.25) is 9.59 Å². The van der Waals surface area contributed by atoms with Gasteiger partial charge in [0.2, 0.25) is 5.91 Å². The standard InChI is InChI=1S/C15H16BrNO3/c1-9(2)5-6-15(8-13(18)19)11-4-3-10(16)7-12(11)17-14(15)20/h3-4,7H,1,5-6,8H2,2H3,(H,17,20)(H,18,19)/t15-/m0/s1. The van der Waals surface area contributed by atoms with Crippen molar-refractivity contribution in [2.24, 2.45) is 0 Å². The summed E-state index contributed by atoms with van der Waals surface area (Å²) in [5, 5.41) is 12.0. The molecule has 4 nitrogen and oxygen atoms in total. The molecule has 1 aromatic rings. The first-order chi connectivity index (χ1) is 9.35. The Balaban J connectivity index is 2.48. The summed E-state index contributed by atoms with van der Waals surface area (Å²) in [5.74, 6) is -1.22. The van der Waals surface area contributed by atoms with E-state index in [2.05, 4.69) is 27.8 Å². The third kappa shape index (κ3) is 2.63. The summed E-state index contributed by atoms with van der Waals surface area (Å²) in [6.45, 7) is 5.71. The Kier molecular flexibility index (Phi) is 3.99. The maximum atomic E-state index is 12.4. The van der Waals surface area contributed by atoms with E-state index in [9.17, 15) is 14.7 Å². The molecular weight excluding hydrogens is 322 g/mol. The van der Waals surface area contributed by atoms with Crippen LogP contribution in [0.4, 0.5) is 5.69 Å². The highest BCUT2D eigenvalue weighted by Gasteiger charge is 2.47. The second-order valence-corrected chi connectivity index (χ2v) is 6.17. The number of benzene rings is 1. The SMILES string of the molecule is C=C(C)CC[C@@]1(CC(=O)O)C(=O)Nc2cc(Br)ccc21. The van der Waals surface area contributed by atoms with Gasteiger partial charge in [-0.1, -0.05) is 27.6 Å². The van der Waals surface area contributed by atoms with E-state index >= 15 is 0 Å². The molecule has 2 N–H and O–H groups in total. The van der Waals surface area contributed by atoms with Crippen molar-refractivity contribution in [3.05, 3.63) is 40.4 Å². The smallest absolute Gasteiger partial charge is 0.304 e. The third-order valence-corrected chi connectivity index (χ3v) is 4.10. The molecule has 1 aliphatic heterocycles. The number of carbonyl (C=O) groups excluding carboxylic acids is 1. The van der Waals surface area contributed by atoms with Crippen LogP contribution in [0, 0.1) is 0 Å². The number of fused-ring (bicyclic) bond motifs is 1. The fourth-order valence-corrected chi connectivity index (χ4v) is 2.96. The number of amides is 1. The summed E-state index contributed by atoms with van der Waals surface area (Å²) in [5.41, 5.74) is 1.38. The fourth-order valence-electron chi connectivity index (χ4n) is 2.60. The molecule has 1 heterocycles. The lowest BCUT2D eigenvalue weighted by molar-refractivity contribution is -0.141. The summed E-state index contributed by atoms with van der Waals surface area (Å²) < 4.78 is 0.850. The van der Waals surface area contributed by atoms with Gasteiger partial charge in [-0.25, -0.2) is 0 Å². The Labute approximate surface area is 126 Å². The van der Waals surface area contributed by atoms with Gasteiger partial charge in [0, 0.05) is 10.2 Å². The number of rotatable bonds is 5. The minimum atomic E-state index is -0.999. The number of aliphatic carboxylic acids is 1. The van der Waals surface area contributed by atoms with Crippen molar-refractivity contribution in [3.8, 4) is 0 Å². The van der Waals surface area contributed by atoms with Crippen molar-refractivity contribution < 1.29 is 14.7 Å². The molecule has 1 amide bonds. The largest absolute Gasteiger partial charge is 0.481 e. The lowest BCUT2D eigenvalue weighted by Gasteiger charge is -2.25. The van der Waals surface area contributed by atoms with E-state index in [1.807, 2.05) is 19.1 Å². The Morgan fingerprint density at radius 2 is 2.20 bits per heavy atom. The van der Waals surface area contributed by atoms with Gasteiger partial charge in [0.05, 0.1) is 11.8 Å². The van der Waals surface area contributed by atoms with Gasteiger partial charge >= 0.3 is 5.97 Å². The second-order valence-electron chi connectivity index (χ2n) is 5.25. The molecule has 20 heavy (non-hydrogen) atoms. The van der Waals surface area contributed by atoms with E-state index in [0.29, 0.717) is 18.5 Å². The first-order valence-electron chi connectivity index (χ1n) is 6.33. The van der Waals surface area contributed by atoms with E-state index in [1.54, 1.807) is 6.07 Å². The number of carboxylic acids is 1. The average molecular weight is 338 g/mol. The summed E-state index contributed by atoms with van der Waals surface area (Å²) in [6, 6.07) is 5.45. The van der Waals surface area contributed by atoms with Crippen LogP contribution in [0.1, 0.15) is 31.7 Å². The second kappa shape index (κ2) is 5.40. The molecule has 0 saturated heterocycles. The molecule has 1 atom stereocenters. The molecule has 0 fully saturated rings. The van der Waals surface area contributed by atoms with Crippen LogP contribution in [0.5, 0.6) is 0 Å². The highest BCUT2D eigenvalue weighted by molar-refractivity contribution is 9.10. The molecule has 0 aromatic heterocycles. The molecule has 0 aliphatic carbocycles. The monoisotopic (exact) mass is 337 g/mol. The highest BCUT2D eigenvalue weighted by Crippen LogP contribution is 2.45. The van der Waals surface area contributed by atoms with Gasteiger partial charge in [0.1, 0.15) is 0 Å². The van der Waals surface area contributed by atoms with Crippen molar-refractivity contribution in [3.63, 3.8) is 0 Å². The van der Waals surface area contributed by atoms with Crippen LogP contribution in [-0.4, -0.2) is 17.0 Å². The van der Waals surface area contributed by atoms with Crippen molar-refractivity contribution in [2.45, 2.75) is 31.6 Å². The van der Waals surface area contributed by atoms with E-state index in [-0.39, 0.29) is 12.3 Å². The molecule has 0 saturated carbocycles. The van der Waals surface area contributed by atoms with Gasteiger partial charge in [-0.05, 0) is 37.5 Å². The van der Waals surface area contributed by atoms with E-state index in [1.165, 1.54) is 0 Å². The number of anilines is 1. The zero-order valence-electron chi connectivity index (χ0n) is 11.2. The number of allylic oxidation sites excluding steroid dienone is 1. The predicted molar refractivity (Wildman–Crippen MR) is 80.8 cm³/mol.